The number of rotatable bonds is 9. The molecule has 0 bridgehead atoms. The molecule has 2 amide bonds. The number of likely N-dealkylation sites (tertiary alicyclic amines) is 1. The van der Waals surface area contributed by atoms with Crippen LogP contribution in [0.15, 0.2) is 48.5 Å². The number of ether oxygens (including phenoxy) is 3. The molecule has 7 heteroatoms. The average molecular weight is 441 g/mol. The second-order valence-corrected chi connectivity index (χ2v) is 7.93. The SMILES string of the molecule is COc1ccc(C(C)NC(=O)C2CCCN(C(=O)CCOc3ccccc3)C2)c(OC)c1. The highest BCUT2D eigenvalue weighted by atomic mass is 16.5. The fraction of sp³-hybridized carbons (Fsp3) is 0.440. The van der Waals surface area contributed by atoms with Crippen LogP contribution in [0.1, 0.15) is 37.8 Å². The van der Waals surface area contributed by atoms with Gasteiger partial charge in [0.05, 0.1) is 39.2 Å². The summed E-state index contributed by atoms with van der Waals surface area (Å²) in [5.41, 5.74) is 0.878. The Morgan fingerprint density at radius 3 is 2.59 bits per heavy atom. The third-order valence-corrected chi connectivity index (χ3v) is 5.74. The number of nitrogens with zero attached hydrogens (tertiary/aromatic N) is 1. The fourth-order valence-electron chi connectivity index (χ4n) is 3.93. The van der Waals surface area contributed by atoms with E-state index in [1.165, 1.54) is 0 Å². The van der Waals surface area contributed by atoms with E-state index in [0.717, 1.165) is 24.2 Å². The maximum atomic E-state index is 12.9. The summed E-state index contributed by atoms with van der Waals surface area (Å²) in [5.74, 6) is 1.85. The van der Waals surface area contributed by atoms with Gasteiger partial charge in [-0.25, -0.2) is 0 Å². The number of methoxy groups -OCH3 is 2. The molecule has 0 spiro atoms. The highest BCUT2D eigenvalue weighted by Gasteiger charge is 2.29. The van der Waals surface area contributed by atoms with Gasteiger partial charge in [-0.05, 0) is 44.0 Å². The number of piperidine rings is 1. The summed E-state index contributed by atoms with van der Waals surface area (Å²) in [6.45, 7) is 3.36. The molecule has 0 aliphatic carbocycles. The number of benzene rings is 2. The minimum absolute atomic E-state index is 0.0169. The van der Waals surface area contributed by atoms with Crippen molar-refractivity contribution >= 4 is 11.8 Å². The minimum atomic E-state index is -0.228. The van der Waals surface area contributed by atoms with Crippen molar-refractivity contribution < 1.29 is 23.8 Å². The zero-order chi connectivity index (χ0) is 22.9. The molecule has 2 unspecified atom stereocenters. The van der Waals surface area contributed by atoms with Crippen LogP contribution in [0.2, 0.25) is 0 Å². The van der Waals surface area contributed by atoms with Crippen molar-refractivity contribution in [3.8, 4) is 17.2 Å². The topological polar surface area (TPSA) is 77.1 Å². The standard InChI is InChI=1S/C25H32N2O5/c1-18(22-12-11-21(30-2)16-23(22)31-3)26-25(29)19-8-7-14-27(17-19)24(28)13-15-32-20-9-5-4-6-10-20/h4-6,9-12,16,18-19H,7-8,13-15,17H2,1-3H3,(H,26,29). The number of para-hydroxylation sites is 1. The van der Waals surface area contributed by atoms with Crippen LogP contribution in [0.4, 0.5) is 0 Å². The van der Waals surface area contributed by atoms with Crippen LogP contribution in [0.5, 0.6) is 17.2 Å². The van der Waals surface area contributed by atoms with Crippen LogP contribution in [-0.2, 0) is 9.59 Å². The van der Waals surface area contributed by atoms with Crippen molar-refractivity contribution in [1.82, 2.24) is 10.2 Å². The smallest absolute Gasteiger partial charge is 0.226 e. The highest BCUT2D eigenvalue weighted by Crippen LogP contribution is 2.30. The molecule has 2 aromatic rings. The second kappa shape index (κ2) is 11.4. The van der Waals surface area contributed by atoms with Gasteiger partial charge < -0.3 is 24.4 Å². The molecule has 1 N–H and O–H groups in total. The summed E-state index contributed by atoms with van der Waals surface area (Å²) in [6, 6.07) is 14.8. The lowest BCUT2D eigenvalue weighted by atomic mass is 9.96. The van der Waals surface area contributed by atoms with Crippen LogP contribution in [0.3, 0.4) is 0 Å². The Bertz CT molecular complexity index is 902. The van der Waals surface area contributed by atoms with E-state index in [-0.39, 0.29) is 23.8 Å². The zero-order valence-electron chi connectivity index (χ0n) is 19.0. The van der Waals surface area contributed by atoms with Crippen molar-refractivity contribution in [2.45, 2.75) is 32.2 Å². The fourth-order valence-corrected chi connectivity index (χ4v) is 3.93. The lowest BCUT2D eigenvalue weighted by molar-refractivity contribution is -0.136. The van der Waals surface area contributed by atoms with Gasteiger partial charge in [0.1, 0.15) is 17.2 Å². The van der Waals surface area contributed by atoms with Gasteiger partial charge in [0.25, 0.3) is 0 Å². The van der Waals surface area contributed by atoms with Crippen LogP contribution >= 0.6 is 0 Å². The molecular weight excluding hydrogens is 408 g/mol. The molecule has 1 fully saturated rings. The Labute approximate surface area is 189 Å². The van der Waals surface area contributed by atoms with Crippen LogP contribution in [0, 0.1) is 5.92 Å². The van der Waals surface area contributed by atoms with Crippen molar-refractivity contribution in [3.63, 3.8) is 0 Å². The number of nitrogens with one attached hydrogen (secondary N) is 1. The summed E-state index contributed by atoms with van der Waals surface area (Å²) in [7, 11) is 3.20. The molecule has 1 aliphatic rings. The van der Waals surface area contributed by atoms with Crippen molar-refractivity contribution in [3.05, 3.63) is 54.1 Å². The van der Waals surface area contributed by atoms with E-state index in [1.54, 1.807) is 25.2 Å². The molecule has 1 saturated heterocycles. The van der Waals surface area contributed by atoms with Crippen molar-refractivity contribution in [2.24, 2.45) is 5.92 Å². The first kappa shape index (κ1) is 23.4. The summed E-state index contributed by atoms with van der Waals surface area (Å²) in [6.07, 6.45) is 1.87. The monoisotopic (exact) mass is 440 g/mol. The molecule has 172 valence electrons. The van der Waals surface area contributed by atoms with Gasteiger partial charge in [0, 0.05) is 24.7 Å². The van der Waals surface area contributed by atoms with Gasteiger partial charge >= 0.3 is 0 Å². The van der Waals surface area contributed by atoms with Crippen LogP contribution in [0.25, 0.3) is 0 Å². The predicted octanol–water partition coefficient (Wildman–Crippen LogP) is 3.59. The van der Waals surface area contributed by atoms with E-state index in [0.29, 0.717) is 37.6 Å². The lowest BCUT2D eigenvalue weighted by Gasteiger charge is -2.33. The molecule has 7 nitrogen and oxygen atoms in total. The van der Waals surface area contributed by atoms with E-state index in [4.69, 9.17) is 14.2 Å². The Morgan fingerprint density at radius 1 is 1.09 bits per heavy atom. The highest BCUT2D eigenvalue weighted by molar-refractivity contribution is 5.81. The summed E-state index contributed by atoms with van der Waals surface area (Å²) in [4.78, 5) is 27.3. The normalized spacial score (nSPS) is 16.7. The molecular formula is C25H32N2O5. The van der Waals surface area contributed by atoms with E-state index in [1.807, 2.05) is 49.4 Å². The molecule has 1 heterocycles. The molecule has 2 aromatic carbocycles. The second-order valence-electron chi connectivity index (χ2n) is 7.93. The van der Waals surface area contributed by atoms with Gasteiger partial charge in [-0.15, -0.1) is 0 Å². The van der Waals surface area contributed by atoms with Gasteiger partial charge in [-0.2, -0.15) is 0 Å². The van der Waals surface area contributed by atoms with Gasteiger partial charge in [0.2, 0.25) is 11.8 Å². The van der Waals surface area contributed by atoms with Gasteiger partial charge in [0.15, 0.2) is 0 Å². The number of amides is 2. The first-order valence-electron chi connectivity index (χ1n) is 11.0. The maximum absolute atomic E-state index is 12.9. The molecule has 3 rings (SSSR count). The number of hydrogen-bond acceptors (Lipinski definition) is 5. The summed E-state index contributed by atoms with van der Waals surface area (Å²) >= 11 is 0. The first-order chi connectivity index (χ1) is 15.5. The van der Waals surface area contributed by atoms with Crippen LogP contribution < -0.4 is 19.5 Å². The Kier molecular flexibility index (Phi) is 8.36. The van der Waals surface area contributed by atoms with Gasteiger partial charge in [-0.3, -0.25) is 9.59 Å². The van der Waals surface area contributed by atoms with E-state index in [2.05, 4.69) is 5.32 Å². The van der Waals surface area contributed by atoms with Crippen molar-refractivity contribution in [2.75, 3.05) is 33.9 Å². The molecule has 2 atom stereocenters. The Hall–Kier alpha value is -3.22. The maximum Gasteiger partial charge on any atom is 0.226 e. The van der Waals surface area contributed by atoms with Crippen molar-refractivity contribution in [1.29, 1.82) is 0 Å². The van der Waals surface area contributed by atoms with Gasteiger partial charge in [-0.1, -0.05) is 18.2 Å². The lowest BCUT2D eigenvalue weighted by Crippen LogP contribution is -2.46. The van der Waals surface area contributed by atoms with E-state index in [9.17, 15) is 9.59 Å². The predicted molar refractivity (Wildman–Crippen MR) is 122 cm³/mol. The number of carbonyl (C=O) groups is 2. The average Bonchev–Trinajstić information content (AvgIpc) is 2.84. The zero-order valence-corrected chi connectivity index (χ0v) is 19.0. The Morgan fingerprint density at radius 2 is 1.88 bits per heavy atom. The van der Waals surface area contributed by atoms with E-state index < -0.39 is 0 Å². The first-order valence-corrected chi connectivity index (χ1v) is 11.0. The largest absolute Gasteiger partial charge is 0.497 e. The third kappa shape index (κ3) is 6.15. The molecule has 0 saturated carbocycles. The minimum Gasteiger partial charge on any atom is -0.497 e. The molecule has 1 aliphatic heterocycles. The number of hydrogen-bond donors (Lipinski definition) is 1. The third-order valence-electron chi connectivity index (χ3n) is 5.74. The Balaban J connectivity index is 1.52. The molecule has 32 heavy (non-hydrogen) atoms. The quantitative estimate of drug-likeness (QED) is 0.645. The summed E-state index contributed by atoms with van der Waals surface area (Å²) in [5, 5.41) is 3.08. The molecule has 0 aromatic heterocycles. The van der Waals surface area contributed by atoms with E-state index >= 15 is 0 Å². The van der Waals surface area contributed by atoms with Crippen LogP contribution in [-0.4, -0.2) is 50.6 Å². The number of carbonyl (C=O) groups excluding carboxylic acids is 2. The molecule has 0 radical (unpaired) electrons. The summed E-state index contributed by atoms with van der Waals surface area (Å²) < 4.78 is 16.3.